The van der Waals surface area contributed by atoms with Gasteiger partial charge in [0, 0.05) is 25.0 Å². The lowest BCUT2D eigenvalue weighted by atomic mass is 10.1. The maximum Gasteiger partial charge on any atom is 0.573 e. The van der Waals surface area contributed by atoms with Crippen LogP contribution in [0.25, 0.3) is 10.9 Å². The summed E-state index contributed by atoms with van der Waals surface area (Å²) >= 11 is 0. The molecule has 0 unspecified atom stereocenters. The Kier molecular flexibility index (Phi) is 5.37. The third-order valence-corrected chi connectivity index (χ3v) is 5.06. The largest absolute Gasteiger partial charge is 0.573 e. The molecule has 0 saturated carbocycles. The van der Waals surface area contributed by atoms with Crippen LogP contribution in [0.5, 0.6) is 5.75 Å². The van der Waals surface area contributed by atoms with Gasteiger partial charge in [-0.2, -0.15) is 0 Å². The lowest BCUT2D eigenvalue weighted by Gasteiger charge is -2.23. The van der Waals surface area contributed by atoms with E-state index in [9.17, 15) is 22.8 Å². The highest BCUT2D eigenvalue weighted by Crippen LogP contribution is 2.31. The SMILES string of the molecule is CN(C)c1cnc2ccccc2c1CN1CC(=O)N(c2ccc(OC(F)(F)F)cc2)C1=O. The number of rotatable bonds is 5. The lowest BCUT2D eigenvalue weighted by Crippen LogP contribution is -2.33. The van der Waals surface area contributed by atoms with Crippen LogP contribution in [0.4, 0.5) is 29.3 Å². The van der Waals surface area contributed by atoms with Gasteiger partial charge < -0.3 is 14.5 Å². The number of halogens is 3. The third-order valence-electron chi connectivity index (χ3n) is 5.06. The van der Waals surface area contributed by atoms with E-state index in [4.69, 9.17) is 0 Å². The fraction of sp³-hybridized carbons (Fsp3) is 0.227. The van der Waals surface area contributed by atoms with Crippen LogP contribution in [0.15, 0.2) is 54.7 Å². The molecular formula is C22H19F3N4O3. The highest BCUT2D eigenvalue weighted by molar-refractivity contribution is 6.19. The third kappa shape index (κ3) is 4.16. The fourth-order valence-electron chi connectivity index (χ4n) is 3.65. The van der Waals surface area contributed by atoms with Crippen molar-refractivity contribution in [3.63, 3.8) is 0 Å². The standard InChI is InChI=1S/C22H19F3N4O3/c1-27(2)19-11-26-18-6-4-3-5-16(18)17(19)12-28-13-20(30)29(21(28)31)14-7-9-15(10-8-14)32-22(23,24)25/h3-11H,12-13H2,1-2H3. The van der Waals surface area contributed by atoms with Crippen molar-refractivity contribution in [2.75, 3.05) is 30.4 Å². The molecule has 2 heterocycles. The number of nitrogens with zero attached hydrogens (tertiary/aromatic N) is 4. The van der Waals surface area contributed by atoms with Crippen molar-refractivity contribution < 1.29 is 27.5 Å². The Balaban J connectivity index is 1.61. The van der Waals surface area contributed by atoms with E-state index in [1.807, 2.05) is 43.3 Å². The Morgan fingerprint density at radius 1 is 1.06 bits per heavy atom. The molecule has 0 radical (unpaired) electrons. The van der Waals surface area contributed by atoms with E-state index in [1.54, 1.807) is 6.20 Å². The predicted molar refractivity (Wildman–Crippen MR) is 112 cm³/mol. The van der Waals surface area contributed by atoms with Crippen LogP contribution < -0.4 is 14.5 Å². The van der Waals surface area contributed by atoms with Gasteiger partial charge >= 0.3 is 12.4 Å². The number of carbonyl (C=O) groups is 2. The molecule has 7 nitrogen and oxygen atoms in total. The molecule has 1 fully saturated rings. The molecule has 0 spiro atoms. The summed E-state index contributed by atoms with van der Waals surface area (Å²) in [7, 11) is 3.73. The number of para-hydroxylation sites is 1. The minimum Gasteiger partial charge on any atom is -0.406 e. The van der Waals surface area contributed by atoms with E-state index in [0.29, 0.717) is 0 Å². The summed E-state index contributed by atoms with van der Waals surface area (Å²) in [6.45, 7) is 0.0239. The van der Waals surface area contributed by atoms with Gasteiger partial charge in [0.25, 0.3) is 5.91 Å². The first-order valence-electron chi connectivity index (χ1n) is 9.65. The van der Waals surface area contributed by atoms with Gasteiger partial charge in [-0.15, -0.1) is 13.2 Å². The molecule has 32 heavy (non-hydrogen) atoms. The number of aromatic nitrogens is 1. The Morgan fingerprint density at radius 2 is 1.75 bits per heavy atom. The number of ether oxygens (including phenoxy) is 1. The molecule has 10 heteroatoms. The van der Waals surface area contributed by atoms with Crippen molar-refractivity contribution in [3.05, 3.63) is 60.3 Å². The normalized spacial score (nSPS) is 14.4. The first-order valence-corrected chi connectivity index (χ1v) is 9.65. The van der Waals surface area contributed by atoms with E-state index in [1.165, 1.54) is 17.0 Å². The van der Waals surface area contributed by atoms with E-state index >= 15 is 0 Å². The maximum absolute atomic E-state index is 13.0. The maximum atomic E-state index is 13.0. The Morgan fingerprint density at radius 3 is 2.41 bits per heavy atom. The van der Waals surface area contributed by atoms with E-state index < -0.39 is 24.1 Å². The van der Waals surface area contributed by atoms with E-state index in [2.05, 4.69) is 9.72 Å². The number of hydrogen-bond donors (Lipinski definition) is 0. The van der Waals surface area contributed by atoms with Gasteiger partial charge in [0.05, 0.1) is 29.6 Å². The molecule has 3 aromatic rings. The Bertz CT molecular complexity index is 1180. The summed E-state index contributed by atoms with van der Waals surface area (Å²) in [6.07, 6.45) is -3.10. The molecule has 1 saturated heterocycles. The van der Waals surface area contributed by atoms with Crippen molar-refractivity contribution in [2.45, 2.75) is 12.9 Å². The summed E-state index contributed by atoms with van der Waals surface area (Å²) in [5.74, 6) is -0.902. The molecule has 0 N–H and O–H groups in total. The second-order valence-electron chi connectivity index (χ2n) is 7.44. The van der Waals surface area contributed by atoms with Gasteiger partial charge in [-0.05, 0) is 30.3 Å². The number of urea groups is 1. The number of hydrogen-bond acceptors (Lipinski definition) is 5. The van der Waals surface area contributed by atoms with Crippen LogP contribution >= 0.6 is 0 Å². The van der Waals surface area contributed by atoms with E-state index in [0.717, 1.165) is 39.2 Å². The van der Waals surface area contributed by atoms with Crippen molar-refractivity contribution in [1.82, 2.24) is 9.88 Å². The minimum atomic E-state index is -4.82. The second-order valence-corrected chi connectivity index (χ2v) is 7.44. The quantitative estimate of drug-likeness (QED) is 0.553. The zero-order chi connectivity index (χ0) is 23.0. The number of pyridine rings is 1. The number of imide groups is 1. The topological polar surface area (TPSA) is 66.0 Å². The fourth-order valence-corrected chi connectivity index (χ4v) is 3.65. The zero-order valence-electron chi connectivity index (χ0n) is 17.3. The molecule has 166 valence electrons. The molecule has 0 atom stereocenters. The van der Waals surface area contributed by atoms with Gasteiger partial charge in [-0.3, -0.25) is 9.78 Å². The summed E-state index contributed by atoms with van der Waals surface area (Å²) in [4.78, 5) is 34.3. The zero-order valence-corrected chi connectivity index (χ0v) is 17.3. The average molecular weight is 444 g/mol. The van der Waals surface area contributed by atoms with E-state index in [-0.39, 0.29) is 18.8 Å². The number of fused-ring (bicyclic) bond motifs is 1. The Hall–Kier alpha value is -3.82. The number of carbonyl (C=O) groups excluding carboxylic acids is 2. The molecule has 1 aliphatic heterocycles. The number of amides is 3. The lowest BCUT2D eigenvalue weighted by molar-refractivity contribution is -0.274. The number of benzene rings is 2. The Labute approximate surface area is 181 Å². The molecule has 0 aliphatic carbocycles. The van der Waals surface area contributed by atoms with Crippen molar-refractivity contribution >= 4 is 34.2 Å². The van der Waals surface area contributed by atoms with Crippen LogP contribution in [-0.2, 0) is 11.3 Å². The van der Waals surface area contributed by atoms with Gasteiger partial charge in [0.15, 0.2) is 0 Å². The smallest absolute Gasteiger partial charge is 0.406 e. The van der Waals surface area contributed by atoms with Crippen LogP contribution in [0.2, 0.25) is 0 Å². The molecule has 3 amide bonds. The highest BCUT2D eigenvalue weighted by atomic mass is 19.4. The van der Waals surface area contributed by atoms with Gasteiger partial charge in [0.2, 0.25) is 0 Å². The van der Waals surface area contributed by atoms with Crippen LogP contribution in [0, 0.1) is 0 Å². The molecule has 1 aliphatic rings. The van der Waals surface area contributed by atoms with Crippen molar-refractivity contribution in [2.24, 2.45) is 0 Å². The van der Waals surface area contributed by atoms with Crippen molar-refractivity contribution in [3.8, 4) is 5.75 Å². The second kappa shape index (κ2) is 8.03. The molecule has 1 aromatic heterocycles. The van der Waals surface area contributed by atoms with Crippen LogP contribution in [0.3, 0.4) is 0 Å². The van der Waals surface area contributed by atoms with Crippen molar-refractivity contribution in [1.29, 1.82) is 0 Å². The number of anilines is 2. The summed E-state index contributed by atoms with van der Waals surface area (Å²) < 4.78 is 41.0. The summed E-state index contributed by atoms with van der Waals surface area (Å²) in [5.41, 5.74) is 2.60. The number of alkyl halides is 3. The van der Waals surface area contributed by atoms with Gasteiger partial charge in [0.1, 0.15) is 12.3 Å². The monoisotopic (exact) mass is 444 g/mol. The minimum absolute atomic E-state index is 0.150. The molecule has 0 bridgehead atoms. The van der Waals surface area contributed by atoms with Crippen LogP contribution in [0.1, 0.15) is 5.56 Å². The molecule has 2 aromatic carbocycles. The molecule has 4 rings (SSSR count). The summed E-state index contributed by atoms with van der Waals surface area (Å²) in [5, 5.41) is 0.867. The summed E-state index contributed by atoms with van der Waals surface area (Å²) in [6, 6.07) is 11.6. The van der Waals surface area contributed by atoms with Crippen LogP contribution in [-0.4, -0.2) is 48.8 Å². The first-order chi connectivity index (χ1) is 15.1. The van der Waals surface area contributed by atoms with Gasteiger partial charge in [-0.25, -0.2) is 9.69 Å². The molecular weight excluding hydrogens is 425 g/mol. The average Bonchev–Trinajstić information content (AvgIpc) is 3.00. The predicted octanol–water partition coefficient (Wildman–Crippen LogP) is 4.17. The highest BCUT2D eigenvalue weighted by Gasteiger charge is 2.38. The van der Waals surface area contributed by atoms with Gasteiger partial charge in [-0.1, -0.05) is 18.2 Å². The first kappa shape index (κ1) is 21.4.